The van der Waals surface area contributed by atoms with Crippen LogP contribution in [0.4, 0.5) is 0 Å². The minimum Gasteiger partial charge on any atom is -0.392 e. The van der Waals surface area contributed by atoms with Crippen LogP contribution in [0.15, 0.2) is 30.3 Å². The molecule has 0 spiro atoms. The molecule has 1 N–H and O–H groups in total. The number of aliphatic hydroxyl groups is 1. The zero-order valence-electron chi connectivity index (χ0n) is 11.1. The van der Waals surface area contributed by atoms with Crippen molar-refractivity contribution in [2.45, 2.75) is 38.8 Å². The number of benzene rings is 1. The lowest BCUT2D eigenvalue weighted by atomic mass is 9.97. The van der Waals surface area contributed by atoms with Gasteiger partial charge in [0.2, 0.25) is 11.8 Å². The number of hydrogen-bond donors (Lipinski definition) is 1. The first kappa shape index (κ1) is 13.7. The van der Waals surface area contributed by atoms with Gasteiger partial charge in [-0.15, -0.1) is 0 Å². The van der Waals surface area contributed by atoms with Crippen molar-refractivity contribution in [2.75, 3.05) is 0 Å². The highest BCUT2D eigenvalue weighted by Gasteiger charge is 2.41. The molecule has 4 heteroatoms. The predicted molar refractivity (Wildman–Crippen MR) is 71.0 cm³/mol. The van der Waals surface area contributed by atoms with E-state index < -0.39 is 12.0 Å². The summed E-state index contributed by atoms with van der Waals surface area (Å²) in [6, 6.07) is 9.42. The van der Waals surface area contributed by atoms with Crippen molar-refractivity contribution in [1.82, 2.24) is 4.90 Å². The van der Waals surface area contributed by atoms with Gasteiger partial charge in [-0.3, -0.25) is 14.5 Å². The normalized spacial score (nSPS) is 20.9. The fraction of sp³-hybridized carbons (Fsp3) is 0.467. The fourth-order valence-electron chi connectivity index (χ4n) is 2.44. The monoisotopic (exact) mass is 261 g/mol. The number of carbonyl (C=O) groups is 2. The van der Waals surface area contributed by atoms with Gasteiger partial charge >= 0.3 is 0 Å². The number of carbonyl (C=O) groups excluding carboxylic acids is 2. The molecule has 2 amide bonds. The van der Waals surface area contributed by atoms with Gasteiger partial charge in [-0.25, -0.2) is 0 Å². The maximum Gasteiger partial charge on any atom is 0.235 e. The van der Waals surface area contributed by atoms with E-state index in [-0.39, 0.29) is 18.2 Å². The summed E-state index contributed by atoms with van der Waals surface area (Å²) in [5.41, 5.74) is 0.926. The molecule has 1 saturated heterocycles. The van der Waals surface area contributed by atoms with E-state index in [1.54, 1.807) is 0 Å². The van der Waals surface area contributed by atoms with E-state index in [1.807, 2.05) is 37.3 Å². The minimum absolute atomic E-state index is 0.132. The summed E-state index contributed by atoms with van der Waals surface area (Å²) < 4.78 is 0. The smallest absolute Gasteiger partial charge is 0.235 e. The largest absolute Gasteiger partial charge is 0.392 e. The molecule has 1 fully saturated rings. The lowest BCUT2D eigenvalue weighted by molar-refractivity contribution is -0.141. The van der Waals surface area contributed by atoms with Gasteiger partial charge in [-0.05, 0) is 12.0 Å². The number of likely N-dealkylation sites (tertiary alicyclic amines) is 1. The van der Waals surface area contributed by atoms with Crippen LogP contribution in [0.5, 0.6) is 0 Å². The topological polar surface area (TPSA) is 57.6 Å². The third-order valence-corrected chi connectivity index (χ3v) is 3.51. The molecular formula is C15H19NO3. The number of aliphatic hydroxyl groups excluding tert-OH is 1. The van der Waals surface area contributed by atoms with Crippen LogP contribution < -0.4 is 0 Å². The number of rotatable bonds is 5. The van der Waals surface area contributed by atoms with E-state index in [1.165, 1.54) is 4.90 Å². The van der Waals surface area contributed by atoms with Gasteiger partial charge < -0.3 is 5.11 Å². The Morgan fingerprint density at radius 3 is 2.63 bits per heavy atom. The molecule has 2 rings (SSSR count). The van der Waals surface area contributed by atoms with Crippen molar-refractivity contribution in [1.29, 1.82) is 0 Å². The number of amides is 2. The van der Waals surface area contributed by atoms with Crippen molar-refractivity contribution >= 4 is 11.8 Å². The second-order valence-electron chi connectivity index (χ2n) is 4.97. The van der Waals surface area contributed by atoms with Crippen LogP contribution in [-0.2, 0) is 16.1 Å². The molecule has 2 atom stereocenters. The first-order chi connectivity index (χ1) is 9.13. The summed E-state index contributed by atoms with van der Waals surface area (Å²) in [5.74, 6) is -0.986. The van der Waals surface area contributed by atoms with Crippen molar-refractivity contribution in [2.24, 2.45) is 5.92 Å². The van der Waals surface area contributed by atoms with Crippen LogP contribution in [0.25, 0.3) is 0 Å². The van der Waals surface area contributed by atoms with Crippen LogP contribution in [0.1, 0.15) is 31.7 Å². The number of hydrogen-bond acceptors (Lipinski definition) is 3. The molecule has 0 saturated carbocycles. The Balaban J connectivity index is 2.06. The Bertz CT molecular complexity index is 458. The van der Waals surface area contributed by atoms with Gasteiger partial charge in [0.15, 0.2) is 0 Å². The Labute approximate surface area is 113 Å². The highest BCUT2D eigenvalue weighted by Crippen LogP contribution is 2.26. The van der Waals surface area contributed by atoms with Crippen LogP contribution in [0, 0.1) is 5.92 Å². The Kier molecular flexibility index (Phi) is 4.32. The van der Waals surface area contributed by atoms with E-state index in [4.69, 9.17) is 0 Å². The lowest BCUT2D eigenvalue weighted by Crippen LogP contribution is -2.33. The average Bonchev–Trinajstić information content (AvgIpc) is 2.68. The van der Waals surface area contributed by atoms with Crippen molar-refractivity contribution in [3.05, 3.63) is 35.9 Å². The molecule has 1 aromatic carbocycles. The summed E-state index contributed by atoms with van der Waals surface area (Å²) in [5, 5.41) is 9.92. The van der Waals surface area contributed by atoms with Crippen LogP contribution in [-0.4, -0.2) is 27.9 Å². The molecule has 102 valence electrons. The molecule has 1 aromatic rings. The summed E-state index contributed by atoms with van der Waals surface area (Å²) in [4.78, 5) is 25.3. The Hall–Kier alpha value is -1.68. The average molecular weight is 261 g/mol. The van der Waals surface area contributed by atoms with Gasteiger partial charge in [0.1, 0.15) is 0 Å². The first-order valence-electron chi connectivity index (χ1n) is 6.69. The van der Waals surface area contributed by atoms with E-state index in [9.17, 15) is 14.7 Å². The lowest BCUT2D eigenvalue weighted by Gasteiger charge is -2.17. The number of nitrogens with zero attached hydrogens (tertiary/aromatic N) is 1. The molecule has 2 unspecified atom stereocenters. The summed E-state index contributed by atoms with van der Waals surface area (Å²) in [7, 11) is 0. The standard InChI is InChI=1S/C15H19NO3/c1-2-6-13(17)12-9-14(18)16(15(12)19)10-11-7-4-3-5-8-11/h3-5,7-8,12-13,17H,2,6,9-10H2,1H3. The summed E-state index contributed by atoms with van der Waals surface area (Å²) in [6.45, 7) is 2.25. The summed E-state index contributed by atoms with van der Waals surface area (Å²) in [6.07, 6.45) is 0.787. The third-order valence-electron chi connectivity index (χ3n) is 3.51. The molecule has 0 aliphatic carbocycles. The zero-order chi connectivity index (χ0) is 13.8. The van der Waals surface area contributed by atoms with Crippen LogP contribution >= 0.6 is 0 Å². The van der Waals surface area contributed by atoms with E-state index in [0.717, 1.165) is 12.0 Å². The van der Waals surface area contributed by atoms with Gasteiger partial charge in [-0.1, -0.05) is 43.7 Å². The second kappa shape index (κ2) is 5.97. The van der Waals surface area contributed by atoms with E-state index >= 15 is 0 Å². The van der Waals surface area contributed by atoms with E-state index in [0.29, 0.717) is 13.0 Å². The third kappa shape index (κ3) is 3.01. The molecule has 19 heavy (non-hydrogen) atoms. The molecule has 4 nitrogen and oxygen atoms in total. The first-order valence-corrected chi connectivity index (χ1v) is 6.69. The quantitative estimate of drug-likeness (QED) is 0.821. The van der Waals surface area contributed by atoms with E-state index in [2.05, 4.69) is 0 Å². The van der Waals surface area contributed by atoms with Gasteiger partial charge in [0.05, 0.1) is 18.6 Å². The summed E-state index contributed by atoms with van der Waals surface area (Å²) >= 11 is 0. The molecule has 0 radical (unpaired) electrons. The SMILES string of the molecule is CCCC(O)C1CC(=O)N(Cc2ccccc2)C1=O. The van der Waals surface area contributed by atoms with Crippen LogP contribution in [0.2, 0.25) is 0 Å². The van der Waals surface area contributed by atoms with Crippen molar-refractivity contribution in [3.8, 4) is 0 Å². The molecule has 1 aliphatic heterocycles. The van der Waals surface area contributed by atoms with Crippen molar-refractivity contribution in [3.63, 3.8) is 0 Å². The molecule has 1 heterocycles. The Morgan fingerprint density at radius 2 is 2.00 bits per heavy atom. The highest BCUT2D eigenvalue weighted by molar-refractivity contribution is 6.03. The maximum absolute atomic E-state index is 12.2. The van der Waals surface area contributed by atoms with Gasteiger partial charge in [0.25, 0.3) is 0 Å². The van der Waals surface area contributed by atoms with Crippen molar-refractivity contribution < 1.29 is 14.7 Å². The zero-order valence-corrected chi connectivity index (χ0v) is 11.1. The maximum atomic E-state index is 12.2. The second-order valence-corrected chi connectivity index (χ2v) is 4.97. The van der Waals surface area contributed by atoms with Gasteiger partial charge in [0, 0.05) is 6.42 Å². The molecule has 0 aromatic heterocycles. The highest BCUT2D eigenvalue weighted by atomic mass is 16.3. The number of imide groups is 1. The van der Waals surface area contributed by atoms with Crippen LogP contribution in [0.3, 0.4) is 0 Å². The Morgan fingerprint density at radius 1 is 1.32 bits per heavy atom. The molecule has 1 aliphatic rings. The fourth-order valence-corrected chi connectivity index (χ4v) is 2.44. The minimum atomic E-state index is -0.706. The molecule has 0 bridgehead atoms. The molecular weight excluding hydrogens is 242 g/mol. The predicted octanol–water partition coefficient (Wildman–Crippen LogP) is 1.72. The van der Waals surface area contributed by atoms with Gasteiger partial charge in [-0.2, -0.15) is 0 Å².